The Bertz CT molecular complexity index is 1020. The molecular weight excluding hydrogens is 418 g/mol. The second kappa shape index (κ2) is 9.08. The van der Waals surface area contributed by atoms with Crippen LogP contribution < -0.4 is 9.64 Å². The highest BCUT2D eigenvalue weighted by atomic mass is 16.6. The van der Waals surface area contributed by atoms with Crippen LogP contribution in [0.2, 0.25) is 0 Å². The molecule has 0 radical (unpaired) electrons. The minimum absolute atomic E-state index is 0.0755. The molecule has 2 aromatic rings. The van der Waals surface area contributed by atoms with E-state index in [0.29, 0.717) is 16.9 Å². The Hall–Kier alpha value is -3.02. The van der Waals surface area contributed by atoms with Crippen LogP contribution in [0.3, 0.4) is 0 Å². The van der Waals surface area contributed by atoms with Crippen molar-refractivity contribution in [1.29, 1.82) is 0 Å². The van der Waals surface area contributed by atoms with Gasteiger partial charge in [0.15, 0.2) is 0 Å². The summed E-state index contributed by atoms with van der Waals surface area (Å²) in [5.41, 5.74) is 1.10. The van der Waals surface area contributed by atoms with Crippen LogP contribution in [0.5, 0.6) is 11.5 Å². The van der Waals surface area contributed by atoms with Crippen molar-refractivity contribution in [3.8, 4) is 11.5 Å². The minimum Gasteiger partial charge on any atom is -0.507 e. The SMILES string of the molecule is CN(C(=O)C1CC1)c1ccc(OCc2ccc(C(C)(C)C)c(O)c2C(=O)OC(C)(C)C)cc1. The molecule has 0 spiro atoms. The van der Waals surface area contributed by atoms with E-state index >= 15 is 0 Å². The van der Waals surface area contributed by atoms with E-state index in [1.165, 1.54) is 0 Å². The minimum atomic E-state index is -0.695. The van der Waals surface area contributed by atoms with E-state index in [-0.39, 0.29) is 35.2 Å². The molecule has 1 N–H and O–H groups in total. The molecule has 1 aliphatic rings. The largest absolute Gasteiger partial charge is 0.507 e. The number of aromatic hydroxyl groups is 1. The summed E-state index contributed by atoms with van der Waals surface area (Å²) in [6.45, 7) is 11.4. The number of anilines is 1. The summed E-state index contributed by atoms with van der Waals surface area (Å²) in [6, 6.07) is 10.9. The predicted octanol–water partition coefficient (Wildman–Crippen LogP) is 5.60. The maximum absolute atomic E-state index is 13.0. The van der Waals surface area contributed by atoms with Crippen molar-refractivity contribution in [3.05, 3.63) is 53.1 Å². The van der Waals surface area contributed by atoms with E-state index in [0.717, 1.165) is 18.5 Å². The van der Waals surface area contributed by atoms with Crippen molar-refractivity contribution in [3.63, 3.8) is 0 Å². The zero-order valence-corrected chi connectivity index (χ0v) is 20.7. The fourth-order valence-corrected chi connectivity index (χ4v) is 3.57. The Labute approximate surface area is 196 Å². The number of amides is 1. The number of ether oxygens (including phenoxy) is 2. The number of benzene rings is 2. The zero-order valence-electron chi connectivity index (χ0n) is 20.7. The number of hydrogen-bond acceptors (Lipinski definition) is 5. The number of hydrogen-bond donors (Lipinski definition) is 1. The Morgan fingerprint density at radius 1 is 1.00 bits per heavy atom. The van der Waals surface area contributed by atoms with Gasteiger partial charge in [-0.25, -0.2) is 4.79 Å². The molecule has 6 nitrogen and oxygen atoms in total. The van der Waals surface area contributed by atoms with Gasteiger partial charge in [-0.2, -0.15) is 0 Å². The quantitative estimate of drug-likeness (QED) is 0.577. The molecule has 0 unspecified atom stereocenters. The summed E-state index contributed by atoms with van der Waals surface area (Å²) in [5, 5.41) is 11.0. The summed E-state index contributed by atoms with van der Waals surface area (Å²) < 4.78 is 11.5. The third kappa shape index (κ3) is 6.06. The van der Waals surface area contributed by atoms with Crippen molar-refractivity contribution in [2.24, 2.45) is 5.92 Å². The van der Waals surface area contributed by atoms with Gasteiger partial charge in [0.25, 0.3) is 0 Å². The summed E-state index contributed by atoms with van der Waals surface area (Å²) in [4.78, 5) is 26.9. The first-order chi connectivity index (χ1) is 15.3. The summed E-state index contributed by atoms with van der Waals surface area (Å²) in [5.74, 6) is 0.232. The van der Waals surface area contributed by atoms with Gasteiger partial charge in [0, 0.05) is 29.8 Å². The molecule has 0 atom stereocenters. The zero-order chi connectivity index (χ0) is 24.6. The van der Waals surface area contributed by atoms with Gasteiger partial charge in [0.2, 0.25) is 5.91 Å². The van der Waals surface area contributed by atoms with Crippen molar-refractivity contribution in [2.45, 2.75) is 72.0 Å². The molecule has 1 aliphatic carbocycles. The number of nitrogens with zero attached hydrogens (tertiary/aromatic N) is 1. The van der Waals surface area contributed by atoms with Crippen LogP contribution in [0.25, 0.3) is 0 Å². The van der Waals surface area contributed by atoms with Crippen molar-refractivity contribution in [2.75, 3.05) is 11.9 Å². The smallest absolute Gasteiger partial charge is 0.342 e. The van der Waals surface area contributed by atoms with Crippen LogP contribution in [0.15, 0.2) is 36.4 Å². The average Bonchev–Trinajstić information content (AvgIpc) is 3.54. The molecule has 3 rings (SSSR count). The van der Waals surface area contributed by atoms with Crippen LogP contribution in [0.1, 0.15) is 75.9 Å². The normalized spacial score (nSPS) is 14.0. The van der Waals surface area contributed by atoms with Gasteiger partial charge < -0.3 is 19.5 Å². The Morgan fingerprint density at radius 2 is 1.61 bits per heavy atom. The highest BCUT2D eigenvalue weighted by molar-refractivity contribution is 5.96. The molecule has 6 heteroatoms. The topological polar surface area (TPSA) is 76.1 Å². The van der Waals surface area contributed by atoms with E-state index < -0.39 is 11.6 Å². The van der Waals surface area contributed by atoms with Crippen LogP contribution in [-0.2, 0) is 21.6 Å². The molecule has 1 amide bonds. The van der Waals surface area contributed by atoms with Crippen LogP contribution in [0, 0.1) is 5.92 Å². The molecule has 0 aliphatic heterocycles. The first kappa shape index (κ1) is 24.6. The number of rotatable bonds is 6. The van der Waals surface area contributed by atoms with Crippen LogP contribution >= 0.6 is 0 Å². The molecule has 1 saturated carbocycles. The van der Waals surface area contributed by atoms with Crippen molar-refractivity contribution < 1.29 is 24.2 Å². The van der Waals surface area contributed by atoms with E-state index in [4.69, 9.17) is 9.47 Å². The molecule has 33 heavy (non-hydrogen) atoms. The van der Waals surface area contributed by atoms with Gasteiger partial charge in [-0.05, 0) is 63.3 Å². The number of esters is 1. The first-order valence-electron chi connectivity index (χ1n) is 11.4. The lowest BCUT2D eigenvalue weighted by molar-refractivity contribution is -0.119. The lowest BCUT2D eigenvalue weighted by atomic mass is 9.84. The summed E-state index contributed by atoms with van der Waals surface area (Å²) >= 11 is 0. The standard InChI is InChI=1S/C27H35NO5/c1-26(2,3)21-15-10-18(22(23(21)29)25(31)33-27(4,5)6)16-32-20-13-11-19(12-14-20)28(7)24(30)17-8-9-17/h10-15,17,29H,8-9,16H2,1-7H3. The summed E-state index contributed by atoms with van der Waals surface area (Å²) in [6.07, 6.45) is 1.93. The number of carbonyl (C=O) groups is 2. The van der Waals surface area contributed by atoms with Gasteiger partial charge >= 0.3 is 5.97 Å². The van der Waals surface area contributed by atoms with Gasteiger partial charge in [-0.3, -0.25) is 4.79 Å². The summed E-state index contributed by atoms with van der Waals surface area (Å²) in [7, 11) is 1.78. The molecule has 0 saturated heterocycles. The highest BCUT2D eigenvalue weighted by Crippen LogP contribution is 2.37. The van der Waals surface area contributed by atoms with Gasteiger partial charge in [0.1, 0.15) is 29.3 Å². The predicted molar refractivity (Wildman–Crippen MR) is 129 cm³/mol. The number of phenolic OH excluding ortho intramolecular Hbond substituents is 1. The van der Waals surface area contributed by atoms with Crippen LogP contribution in [-0.4, -0.2) is 29.6 Å². The van der Waals surface area contributed by atoms with E-state index in [1.807, 2.05) is 39.0 Å². The highest BCUT2D eigenvalue weighted by Gasteiger charge is 2.32. The first-order valence-corrected chi connectivity index (χ1v) is 11.4. The van der Waals surface area contributed by atoms with Gasteiger partial charge in [-0.15, -0.1) is 0 Å². The second-order valence-corrected chi connectivity index (χ2v) is 10.7. The molecule has 1 fully saturated rings. The second-order valence-electron chi connectivity index (χ2n) is 10.7. The molecular formula is C27H35NO5. The third-order valence-corrected chi connectivity index (χ3v) is 5.55. The fourth-order valence-electron chi connectivity index (χ4n) is 3.57. The maximum Gasteiger partial charge on any atom is 0.342 e. The monoisotopic (exact) mass is 453 g/mol. The number of phenols is 1. The lowest BCUT2D eigenvalue weighted by Gasteiger charge is -2.25. The van der Waals surface area contributed by atoms with Gasteiger partial charge in [0.05, 0.1) is 0 Å². The molecule has 0 bridgehead atoms. The Kier molecular flexibility index (Phi) is 6.78. The van der Waals surface area contributed by atoms with Crippen molar-refractivity contribution in [1.82, 2.24) is 0 Å². The maximum atomic E-state index is 13.0. The van der Waals surface area contributed by atoms with Crippen LogP contribution in [0.4, 0.5) is 5.69 Å². The van der Waals surface area contributed by atoms with E-state index in [1.54, 1.807) is 50.9 Å². The third-order valence-electron chi connectivity index (χ3n) is 5.55. The van der Waals surface area contributed by atoms with Gasteiger partial charge in [-0.1, -0.05) is 32.9 Å². The number of carbonyl (C=O) groups excluding carboxylic acids is 2. The Balaban J connectivity index is 1.81. The van der Waals surface area contributed by atoms with E-state index in [2.05, 4.69) is 0 Å². The van der Waals surface area contributed by atoms with Crippen molar-refractivity contribution >= 4 is 17.6 Å². The average molecular weight is 454 g/mol. The lowest BCUT2D eigenvalue weighted by Crippen LogP contribution is -2.27. The molecule has 0 aromatic heterocycles. The molecule has 178 valence electrons. The molecule has 0 heterocycles. The fraction of sp³-hybridized carbons (Fsp3) is 0.481. The molecule has 2 aromatic carbocycles. The Morgan fingerprint density at radius 3 is 2.12 bits per heavy atom. The van der Waals surface area contributed by atoms with E-state index in [9.17, 15) is 14.7 Å².